The maximum absolute atomic E-state index is 13.0. The molecule has 1 rings (SSSR count). The number of halogens is 1. The molecule has 0 bridgehead atoms. The molecule has 0 aliphatic heterocycles. The highest BCUT2D eigenvalue weighted by Gasteiger charge is 2.18. The first kappa shape index (κ1) is 14.8. The Balaban J connectivity index is 2.79. The fourth-order valence-electron chi connectivity index (χ4n) is 1.46. The Morgan fingerprint density at radius 2 is 2.06 bits per heavy atom. The van der Waals surface area contributed by atoms with Crippen LogP contribution in [0.3, 0.4) is 0 Å². The number of hydrogen-bond donors (Lipinski definition) is 1. The topological polar surface area (TPSA) is 71.4 Å². The zero-order valence-electron chi connectivity index (χ0n) is 10.0. The van der Waals surface area contributed by atoms with Crippen molar-refractivity contribution in [3.63, 3.8) is 0 Å². The number of aliphatic hydroxyl groups is 1. The molecule has 4 nitrogen and oxygen atoms in total. The van der Waals surface area contributed by atoms with E-state index in [1.807, 2.05) is 0 Å². The minimum absolute atomic E-state index is 0.109. The maximum atomic E-state index is 13.0. The van der Waals surface area contributed by atoms with Crippen LogP contribution in [0.5, 0.6) is 0 Å². The molecule has 1 aromatic carbocycles. The van der Waals surface area contributed by atoms with E-state index in [2.05, 4.69) is 0 Å². The molecule has 0 saturated heterocycles. The summed E-state index contributed by atoms with van der Waals surface area (Å²) >= 11 is 0. The van der Waals surface area contributed by atoms with Gasteiger partial charge in [-0.15, -0.1) is 0 Å². The standard InChI is InChI=1S/C12H15FO4S/c1-9-7-10(3-4-11(9)13)12(15)8-18(16,17)6-2-5-14/h3-4,7,14H,2,5-6,8H2,1H3. The third-order valence-corrected chi connectivity index (χ3v) is 4.06. The molecule has 0 spiro atoms. The molecule has 0 aromatic heterocycles. The van der Waals surface area contributed by atoms with Crippen LogP contribution in [0.25, 0.3) is 0 Å². The van der Waals surface area contributed by atoms with Crippen molar-refractivity contribution >= 4 is 15.6 Å². The van der Waals surface area contributed by atoms with Crippen molar-refractivity contribution in [3.05, 3.63) is 35.1 Å². The maximum Gasteiger partial charge on any atom is 0.177 e. The summed E-state index contributed by atoms with van der Waals surface area (Å²) in [4.78, 5) is 11.7. The predicted molar refractivity (Wildman–Crippen MR) is 65.8 cm³/mol. The van der Waals surface area contributed by atoms with Crippen molar-refractivity contribution in [3.8, 4) is 0 Å². The van der Waals surface area contributed by atoms with Gasteiger partial charge in [-0.1, -0.05) is 0 Å². The van der Waals surface area contributed by atoms with Crippen molar-refractivity contribution < 1.29 is 22.7 Å². The van der Waals surface area contributed by atoms with E-state index in [-0.39, 0.29) is 24.3 Å². The third-order valence-electron chi connectivity index (χ3n) is 2.44. The van der Waals surface area contributed by atoms with E-state index in [9.17, 15) is 17.6 Å². The van der Waals surface area contributed by atoms with Gasteiger partial charge in [0.15, 0.2) is 15.6 Å². The van der Waals surface area contributed by atoms with Gasteiger partial charge in [0.25, 0.3) is 0 Å². The largest absolute Gasteiger partial charge is 0.396 e. The van der Waals surface area contributed by atoms with Gasteiger partial charge in [-0.2, -0.15) is 0 Å². The minimum Gasteiger partial charge on any atom is -0.396 e. The van der Waals surface area contributed by atoms with Crippen molar-refractivity contribution in [2.45, 2.75) is 13.3 Å². The molecule has 0 aliphatic rings. The highest BCUT2D eigenvalue weighted by Crippen LogP contribution is 2.11. The number of sulfone groups is 1. The first-order valence-corrected chi connectivity index (χ1v) is 7.28. The third kappa shape index (κ3) is 4.19. The highest BCUT2D eigenvalue weighted by atomic mass is 32.2. The number of hydrogen-bond acceptors (Lipinski definition) is 4. The van der Waals surface area contributed by atoms with Crippen LogP contribution in [-0.4, -0.2) is 37.4 Å². The molecule has 0 atom stereocenters. The van der Waals surface area contributed by atoms with Gasteiger partial charge in [0.1, 0.15) is 11.6 Å². The lowest BCUT2D eigenvalue weighted by molar-refractivity contribution is 0.102. The lowest BCUT2D eigenvalue weighted by Crippen LogP contribution is -2.19. The molecular weight excluding hydrogens is 259 g/mol. The summed E-state index contributed by atoms with van der Waals surface area (Å²) in [6.07, 6.45) is 0.109. The van der Waals surface area contributed by atoms with Crippen molar-refractivity contribution in [1.82, 2.24) is 0 Å². The second kappa shape index (κ2) is 6.06. The molecule has 18 heavy (non-hydrogen) atoms. The van der Waals surface area contributed by atoms with Crippen LogP contribution in [0.15, 0.2) is 18.2 Å². The molecule has 0 fully saturated rings. The van der Waals surface area contributed by atoms with Crippen LogP contribution in [-0.2, 0) is 9.84 Å². The van der Waals surface area contributed by atoms with E-state index in [0.717, 1.165) is 6.07 Å². The SMILES string of the molecule is Cc1cc(C(=O)CS(=O)(=O)CCCO)ccc1F. The van der Waals surface area contributed by atoms with Gasteiger partial charge in [-0.3, -0.25) is 4.79 Å². The van der Waals surface area contributed by atoms with Crippen molar-refractivity contribution in [2.24, 2.45) is 0 Å². The van der Waals surface area contributed by atoms with Gasteiger partial charge in [-0.25, -0.2) is 12.8 Å². The minimum atomic E-state index is -3.52. The Morgan fingerprint density at radius 3 is 2.61 bits per heavy atom. The number of ketones is 1. The molecule has 6 heteroatoms. The summed E-state index contributed by atoms with van der Waals surface area (Å²) < 4.78 is 36.0. The Bertz CT molecular complexity index is 537. The average Bonchev–Trinajstić information content (AvgIpc) is 2.29. The summed E-state index contributed by atoms with van der Waals surface area (Å²) in [6, 6.07) is 3.74. The van der Waals surface area contributed by atoms with E-state index in [1.54, 1.807) is 0 Å². The second-order valence-corrected chi connectivity index (χ2v) is 6.24. The zero-order valence-corrected chi connectivity index (χ0v) is 10.8. The molecule has 1 aromatic rings. The normalized spacial score (nSPS) is 11.5. The Kier molecular flexibility index (Phi) is 4.98. The second-order valence-electron chi connectivity index (χ2n) is 4.06. The van der Waals surface area contributed by atoms with E-state index >= 15 is 0 Å². The van der Waals surface area contributed by atoms with Gasteiger partial charge in [0, 0.05) is 12.2 Å². The Labute approximate surface area is 105 Å². The van der Waals surface area contributed by atoms with Crippen LogP contribution in [0.4, 0.5) is 4.39 Å². The van der Waals surface area contributed by atoms with Gasteiger partial charge < -0.3 is 5.11 Å². The average molecular weight is 274 g/mol. The summed E-state index contributed by atoms with van der Waals surface area (Å²) in [5, 5.41) is 8.56. The summed E-state index contributed by atoms with van der Waals surface area (Å²) in [5.41, 5.74) is 0.482. The Hall–Kier alpha value is -1.27. The number of carbonyl (C=O) groups is 1. The van der Waals surface area contributed by atoms with Crippen LogP contribution in [0.1, 0.15) is 22.3 Å². The lowest BCUT2D eigenvalue weighted by atomic mass is 10.1. The number of Topliss-reactive ketones (excluding diaryl/α,β-unsaturated/α-hetero) is 1. The zero-order chi connectivity index (χ0) is 13.8. The number of benzene rings is 1. The molecule has 0 radical (unpaired) electrons. The fraction of sp³-hybridized carbons (Fsp3) is 0.417. The van der Waals surface area contributed by atoms with E-state index < -0.39 is 27.2 Å². The molecule has 0 heterocycles. The molecular formula is C12H15FO4S. The molecule has 0 aliphatic carbocycles. The van der Waals surface area contributed by atoms with E-state index in [0.29, 0.717) is 5.56 Å². The lowest BCUT2D eigenvalue weighted by Gasteiger charge is -2.04. The van der Waals surface area contributed by atoms with Crippen molar-refractivity contribution in [2.75, 3.05) is 18.1 Å². The fourth-order valence-corrected chi connectivity index (χ4v) is 2.74. The summed E-state index contributed by atoms with van der Waals surface area (Å²) in [6.45, 7) is 1.27. The van der Waals surface area contributed by atoms with Crippen LogP contribution in [0.2, 0.25) is 0 Å². The van der Waals surface area contributed by atoms with Gasteiger partial charge >= 0.3 is 0 Å². The van der Waals surface area contributed by atoms with Crippen LogP contribution < -0.4 is 0 Å². The first-order valence-electron chi connectivity index (χ1n) is 5.46. The smallest absolute Gasteiger partial charge is 0.177 e. The van der Waals surface area contributed by atoms with Gasteiger partial charge in [-0.05, 0) is 37.1 Å². The monoisotopic (exact) mass is 274 g/mol. The van der Waals surface area contributed by atoms with E-state index in [1.165, 1.54) is 19.1 Å². The molecule has 1 N–H and O–H groups in total. The molecule has 0 unspecified atom stereocenters. The van der Waals surface area contributed by atoms with Crippen LogP contribution >= 0.6 is 0 Å². The van der Waals surface area contributed by atoms with Gasteiger partial charge in [0.05, 0.1) is 5.75 Å². The van der Waals surface area contributed by atoms with E-state index in [4.69, 9.17) is 5.11 Å². The predicted octanol–water partition coefficient (Wildman–Crippen LogP) is 1.11. The molecule has 0 amide bonds. The molecule has 0 saturated carbocycles. The number of aliphatic hydroxyl groups excluding tert-OH is 1. The highest BCUT2D eigenvalue weighted by molar-refractivity contribution is 7.92. The first-order chi connectivity index (χ1) is 8.35. The van der Waals surface area contributed by atoms with Crippen LogP contribution in [0, 0.1) is 12.7 Å². The number of aryl methyl sites for hydroxylation is 1. The molecule has 100 valence electrons. The Morgan fingerprint density at radius 1 is 1.39 bits per heavy atom. The quantitative estimate of drug-likeness (QED) is 0.789. The number of carbonyl (C=O) groups excluding carboxylic acids is 1. The van der Waals surface area contributed by atoms with Crippen molar-refractivity contribution in [1.29, 1.82) is 0 Å². The van der Waals surface area contributed by atoms with Gasteiger partial charge in [0.2, 0.25) is 0 Å². The summed E-state index contributed by atoms with van der Waals surface area (Å²) in [7, 11) is -3.52. The number of rotatable bonds is 6. The summed E-state index contributed by atoms with van der Waals surface area (Å²) in [5.74, 6) is -1.83.